The van der Waals surface area contributed by atoms with Gasteiger partial charge in [0.05, 0.1) is 11.3 Å². The van der Waals surface area contributed by atoms with Crippen LogP contribution >= 0.6 is 0 Å². The Morgan fingerprint density at radius 1 is 1.36 bits per heavy atom. The van der Waals surface area contributed by atoms with Gasteiger partial charge in [-0.1, -0.05) is 13.8 Å². The first-order valence-corrected chi connectivity index (χ1v) is 4.67. The molecule has 0 saturated carbocycles. The van der Waals surface area contributed by atoms with Gasteiger partial charge in [-0.05, 0) is 24.6 Å². The number of nitrogens with one attached hydrogen (secondary N) is 1. The summed E-state index contributed by atoms with van der Waals surface area (Å²) in [5.41, 5.74) is 8.69. The molecule has 0 aliphatic carbocycles. The molecule has 0 atom stereocenters. The second kappa shape index (κ2) is 5.87. The van der Waals surface area contributed by atoms with E-state index in [-0.39, 0.29) is 0 Å². The van der Waals surface area contributed by atoms with Gasteiger partial charge in [-0.15, -0.1) is 0 Å². The van der Waals surface area contributed by atoms with Gasteiger partial charge in [0.15, 0.2) is 0 Å². The summed E-state index contributed by atoms with van der Waals surface area (Å²) in [6.45, 7) is 5.91. The summed E-state index contributed by atoms with van der Waals surface area (Å²) < 4.78 is 0. The van der Waals surface area contributed by atoms with Crippen LogP contribution in [-0.4, -0.2) is 7.05 Å². The van der Waals surface area contributed by atoms with E-state index >= 15 is 0 Å². The van der Waals surface area contributed by atoms with Crippen LogP contribution in [0.4, 0.5) is 11.4 Å². The maximum absolute atomic E-state index is 8.72. The van der Waals surface area contributed by atoms with Gasteiger partial charge < -0.3 is 11.1 Å². The lowest BCUT2D eigenvalue weighted by molar-refractivity contribution is 1.39. The molecule has 3 heteroatoms. The van der Waals surface area contributed by atoms with Crippen molar-refractivity contribution in [2.75, 3.05) is 18.1 Å². The Morgan fingerprint density at radius 2 is 1.93 bits per heavy atom. The summed E-state index contributed by atoms with van der Waals surface area (Å²) in [7, 11) is 1.78. The zero-order valence-electron chi connectivity index (χ0n) is 9.18. The van der Waals surface area contributed by atoms with Crippen LogP contribution in [0.3, 0.4) is 0 Å². The fraction of sp³-hybridized carbons (Fsp3) is 0.364. The summed E-state index contributed by atoms with van der Waals surface area (Å²) in [6.07, 6.45) is 0. The second-order valence-corrected chi connectivity index (χ2v) is 2.62. The van der Waals surface area contributed by atoms with Crippen LogP contribution in [0.1, 0.15) is 25.0 Å². The summed E-state index contributed by atoms with van der Waals surface area (Å²) in [6, 6.07) is 5.62. The molecule has 3 N–H and O–H groups in total. The van der Waals surface area contributed by atoms with Crippen LogP contribution in [-0.2, 0) is 0 Å². The van der Waals surface area contributed by atoms with Crippen molar-refractivity contribution in [2.45, 2.75) is 20.8 Å². The molecule has 0 fully saturated rings. The van der Waals surface area contributed by atoms with E-state index < -0.39 is 0 Å². The SMILES string of the molecule is CC.CNc1cc(C)c(N)cc1C#N. The van der Waals surface area contributed by atoms with Gasteiger partial charge in [-0.3, -0.25) is 0 Å². The Hall–Kier alpha value is -1.69. The minimum atomic E-state index is 0.584. The number of nitrogen functional groups attached to an aromatic ring is 1. The van der Waals surface area contributed by atoms with E-state index in [0.717, 1.165) is 11.3 Å². The summed E-state index contributed by atoms with van der Waals surface area (Å²) >= 11 is 0. The molecule has 0 saturated heterocycles. The Kier molecular flexibility index (Phi) is 5.16. The number of anilines is 2. The number of nitrogens with two attached hydrogens (primary N) is 1. The summed E-state index contributed by atoms with van der Waals surface area (Å²) in [4.78, 5) is 0. The minimum Gasteiger partial charge on any atom is -0.398 e. The molecule has 76 valence electrons. The van der Waals surface area contributed by atoms with E-state index in [9.17, 15) is 0 Å². The van der Waals surface area contributed by atoms with Gasteiger partial charge in [0.25, 0.3) is 0 Å². The Bertz CT molecular complexity index is 337. The number of benzene rings is 1. The zero-order chi connectivity index (χ0) is 11.1. The Morgan fingerprint density at radius 3 is 2.36 bits per heavy atom. The van der Waals surface area contributed by atoms with Gasteiger partial charge in [0.1, 0.15) is 6.07 Å². The average Bonchev–Trinajstić information content (AvgIpc) is 2.24. The molecular weight excluding hydrogens is 174 g/mol. The highest BCUT2D eigenvalue weighted by atomic mass is 14.8. The summed E-state index contributed by atoms with van der Waals surface area (Å²) in [5, 5.41) is 11.7. The fourth-order valence-corrected chi connectivity index (χ4v) is 1.02. The average molecular weight is 191 g/mol. The van der Waals surface area contributed by atoms with Crippen molar-refractivity contribution in [3.05, 3.63) is 23.3 Å². The second-order valence-electron chi connectivity index (χ2n) is 2.62. The van der Waals surface area contributed by atoms with Crippen molar-refractivity contribution in [3.63, 3.8) is 0 Å². The lowest BCUT2D eigenvalue weighted by atomic mass is 10.1. The van der Waals surface area contributed by atoms with Crippen molar-refractivity contribution >= 4 is 11.4 Å². The molecule has 0 radical (unpaired) electrons. The fourth-order valence-electron chi connectivity index (χ4n) is 1.02. The molecule has 0 amide bonds. The molecule has 1 aromatic rings. The smallest absolute Gasteiger partial charge is 0.101 e. The first-order chi connectivity index (χ1) is 6.69. The number of nitrogens with zero attached hydrogens (tertiary/aromatic N) is 1. The maximum Gasteiger partial charge on any atom is 0.101 e. The number of hydrogen-bond donors (Lipinski definition) is 2. The number of nitriles is 1. The minimum absolute atomic E-state index is 0.584. The molecule has 0 bridgehead atoms. The molecule has 0 heterocycles. The largest absolute Gasteiger partial charge is 0.398 e. The van der Waals surface area contributed by atoms with Crippen molar-refractivity contribution in [1.82, 2.24) is 0 Å². The van der Waals surface area contributed by atoms with Crippen molar-refractivity contribution < 1.29 is 0 Å². The molecular formula is C11H17N3. The lowest BCUT2D eigenvalue weighted by Gasteiger charge is -2.06. The quantitative estimate of drug-likeness (QED) is 0.670. The molecule has 0 spiro atoms. The van der Waals surface area contributed by atoms with E-state index in [2.05, 4.69) is 11.4 Å². The van der Waals surface area contributed by atoms with Gasteiger partial charge >= 0.3 is 0 Å². The monoisotopic (exact) mass is 191 g/mol. The normalized spacial score (nSPS) is 8.21. The highest BCUT2D eigenvalue weighted by molar-refractivity contribution is 5.65. The Balaban J connectivity index is 0.000000791. The van der Waals surface area contributed by atoms with Crippen LogP contribution in [0.5, 0.6) is 0 Å². The van der Waals surface area contributed by atoms with E-state index in [1.165, 1.54) is 0 Å². The number of rotatable bonds is 1. The standard InChI is InChI=1S/C9H11N3.C2H6/c1-6-3-9(12-2)7(5-10)4-8(6)11;1-2/h3-4,12H,11H2,1-2H3;1-2H3. The number of aryl methyl sites for hydroxylation is 1. The van der Waals surface area contributed by atoms with Gasteiger partial charge in [0.2, 0.25) is 0 Å². The van der Waals surface area contributed by atoms with Crippen LogP contribution in [0.25, 0.3) is 0 Å². The van der Waals surface area contributed by atoms with Gasteiger partial charge in [-0.25, -0.2) is 0 Å². The van der Waals surface area contributed by atoms with E-state index in [0.29, 0.717) is 11.3 Å². The lowest BCUT2D eigenvalue weighted by Crippen LogP contribution is -1.96. The van der Waals surface area contributed by atoms with E-state index in [1.807, 2.05) is 26.8 Å². The van der Waals surface area contributed by atoms with E-state index in [1.54, 1.807) is 13.1 Å². The molecule has 0 aliphatic rings. The van der Waals surface area contributed by atoms with Crippen LogP contribution in [0.15, 0.2) is 12.1 Å². The van der Waals surface area contributed by atoms with E-state index in [4.69, 9.17) is 11.0 Å². The predicted molar refractivity (Wildman–Crippen MR) is 61.2 cm³/mol. The molecule has 0 aromatic heterocycles. The number of hydrogen-bond acceptors (Lipinski definition) is 3. The van der Waals surface area contributed by atoms with Gasteiger partial charge in [-0.2, -0.15) is 5.26 Å². The zero-order valence-corrected chi connectivity index (χ0v) is 9.18. The predicted octanol–water partition coefficient (Wildman–Crippen LogP) is 2.52. The molecule has 0 aliphatic heterocycles. The van der Waals surface area contributed by atoms with Crippen LogP contribution in [0, 0.1) is 18.3 Å². The molecule has 3 nitrogen and oxygen atoms in total. The third-order valence-electron chi connectivity index (χ3n) is 1.80. The molecule has 14 heavy (non-hydrogen) atoms. The Labute approximate surface area is 85.5 Å². The van der Waals surface area contributed by atoms with Crippen LogP contribution in [0.2, 0.25) is 0 Å². The van der Waals surface area contributed by atoms with Gasteiger partial charge in [0, 0.05) is 12.7 Å². The summed E-state index contributed by atoms with van der Waals surface area (Å²) in [5.74, 6) is 0. The third-order valence-corrected chi connectivity index (χ3v) is 1.80. The first-order valence-electron chi connectivity index (χ1n) is 4.67. The third kappa shape index (κ3) is 2.67. The maximum atomic E-state index is 8.72. The first kappa shape index (κ1) is 12.3. The highest BCUT2D eigenvalue weighted by Crippen LogP contribution is 2.21. The van der Waals surface area contributed by atoms with Crippen molar-refractivity contribution in [2.24, 2.45) is 0 Å². The van der Waals surface area contributed by atoms with Crippen molar-refractivity contribution in [3.8, 4) is 6.07 Å². The van der Waals surface area contributed by atoms with Crippen LogP contribution < -0.4 is 11.1 Å². The topological polar surface area (TPSA) is 61.8 Å². The molecule has 1 rings (SSSR count). The molecule has 1 aromatic carbocycles. The van der Waals surface area contributed by atoms with Crippen molar-refractivity contribution in [1.29, 1.82) is 5.26 Å². The highest BCUT2D eigenvalue weighted by Gasteiger charge is 2.02. The molecule has 0 unspecified atom stereocenters.